The molecule has 0 aromatic rings. The van der Waals surface area contributed by atoms with Crippen molar-refractivity contribution in [2.75, 3.05) is 6.61 Å². The zero-order valence-electron chi connectivity index (χ0n) is 6.35. The molecule has 0 atom stereocenters. The Morgan fingerprint density at radius 2 is 2.00 bits per heavy atom. The zero-order valence-corrected chi connectivity index (χ0v) is 7.35. The van der Waals surface area contributed by atoms with E-state index in [2.05, 4.69) is 19.6 Å². The van der Waals surface area contributed by atoms with Crippen LogP contribution >= 0.6 is 0 Å². The summed E-state index contributed by atoms with van der Waals surface area (Å²) in [6.45, 7) is 7.11. The molecule has 0 saturated heterocycles. The van der Waals surface area contributed by atoms with Crippen LogP contribution in [0.1, 0.15) is 0 Å². The van der Waals surface area contributed by atoms with Gasteiger partial charge in [-0.1, -0.05) is 0 Å². The fourth-order valence-electron chi connectivity index (χ4n) is 0.354. The second-order valence-corrected chi connectivity index (χ2v) is 7.36. The van der Waals surface area contributed by atoms with E-state index in [4.69, 9.17) is 10.2 Å². The van der Waals surface area contributed by atoms with Crippen molar-refractivity contribution in [3.63, 3.8) is 0 Å². The maximum absolute atomic E-state index is 5.44. The van der Waals surface area contributed by atoms with Gasteiger partial charge in [-0.3, -0.25) is 0 Å². The van der Waals surface area contributed by atoms with Crippen molar-refractivity contribution < 1.29 is 4.43 Å². The summed E-state index contributed by atoms with van der Waals surface area (Å²) in [5.74, 6) is 0. The van der Waals surface area contributed by atoms with Gasteiger partial charge in [0, 0.05) is 0 Å². The van der Waals surface area contributed by atoms with Crippen LogP contribution in [0, 0.1) is 0 Å². The molecule has 0 fully saturated rings. The molecule has 0 spiro atoms. The van der Waals surface area contributed by atoms with E-state index >= 15 is 0 Å². The molecule has 2 N–H and O–H groups in total. The van der Waals surface area contributed by atoms with Gasteiger partial charge in [0.15, 0.2) is 8.32 Å². The Labute approximate surface area is 57.8 Å². The minimum absolute atomic E-state index is 0.659. The Morgan fingerprint density at radius 3 is 2.33 bits per heavy atom. The third-order valence-electron chi connectivity index (χ3n) is 0.749. The predicted octanol–water partition coefficient (Wildman–Crippen LogP) is 1.31. The Kier molecular flexibility index (Phi) is 3.57. The first-order chi connectivity index (χ1) is 4.06. The van der Waals surface area contributed by atoms with E-state index in [1.807, 2.05) is 6.08 Å². The minimum Gasteiger partial charge on any atom is -0.414 e. The lowest BCUT2D eigenvalue weighted by Crippen LogP contribution is -2.25. The molecule has 3 heteroatoms. The maximum Gasteiger partial charge on any atom is 0.184 e. The van der Waals surface area contributed by atoms with Gasteiger partial charge < -0.3 is 10.2 Å². The smallest absolute Gasteiger partial charge is 0.184 e. The third kappa shape index (κ3) is 7.72. The van der Waals surface area contributed by atoms with Crippen LogP contribution in [-0.2, 0) is 4.43 Å². The summed E-state index contributed by atoms with van der Waals surface area (Å²) in [6.07, 6.45) is 3.33. The van der Waals surface area contributed by atoms with Crippen molar-refractivity contribution in [2.24, 2.45) is 5.73 Å². The van der Waals surface area contributed by atoms with Crippen molar-refractivity contribution in [3.8, 4) is 0 Å². The normalized spacial score (nSPS) is 12.8. The Hall–Kier alpha value is -0.283. The van der Waals surface area contributed by atoms with E-state index in [9.17, 15) is 0 Å². The molecule has 0 aliphatic heterocycles. The zero-order chi connectivity index (χ0) is 7.33. The molecule has 9 heavy (non-hydrogen) atoms. The molecule has 0 rings (SSSR count). The van der Waals surface area contributed by atoms with Crippen LogP contribution in [0.5, 0.6) is 0 Å². The molecule has 0 heterocycles. The van der Waals surface area contributed by atoms with Gasteiger partial charge in [-0.05, 0) is 31.9 Å². The first-order valence-corrected chi connectivity index (χ1v) is 6.48. The van der Waals surface area contributed by atoms with Crippen LogP contribution < -0.4 is 5.73 Å². The number of rotatable bonds is 3. The molecule has 0 aromatic carbocycles. The fourth-order valence-corrected chi connectivity index (χ4v) is 0.950. The lowest BCUT2D eigenvalue weighted by Gasteiger charge is -2.14. The molecular weight excluding hydrogens is 130 g/mol. The van der Waals surface area contributed by atoms with Crippen molar-refractivity contribution in [2.45, 2.75) is 19.6 Å². The lowest BCUT2D eigenvalue weighted by atomic mass is 10.7. The van der Waals surface area contributed by atoms with Crippen LogP contribution in [0.15, 0.2) is 12.3 Å². The second-order valence-electron chi connectivity index (χ2n) is 2.85. The molecule has 0 unspecified atom stereocenters. The number of nitrogens with two attached hydrogens (primary N) is 1. The summed E-state index contributed by atoms with van der Waals surface area (Å²) in [5, 5.41) is 0. The fraction of sp³-hybridized carbons (Fsp3) is 0.667. The predicted molar refractivity (Wildman–Crippen MR) is 42.6 cm³/mol. The van der Waals surface area contributed by atoms with Crippen LogP contribution in [0.4, 0.5) is 0 Å². The molecule has 54 valence electrons. The molecule has 0 amide bonds. The van der Waals surface area contributed by atoms with E-state index in [0.29, 0.717) is 6.61 Å². The highest BCUT2D eigenvalue weighted by molar-refractivity contribution is 6.69. The van der Waals surface area contributed by atoms with Crippen LogP contribution in [0.2, 0.25) is 19.6 Å². The van der Waals surface area contributed by atoms with Crippen molar-refractivity contribution in [3.05, 3.63) is 12.3 Å². The highest BCUT2D eigenvalue weighted by Gasteiger charge is 2.11. The topological polar surface area (TPSA) is 35.2 Å². The molecule has 0 saturated carbocycles. The van der Waals surface area contributed by atoms with E-state index in [1.165, 1.54) is 6.20 Å². The third-order valence-corrected chi connectivity index (χ3v) is 1.78. The standard InChI is InChI=1S/C6H15NOSi/c1-9(2,3)8-6-4-5-7/h4-5H,6-7H2,1-3H3. The van der Waals surface area contributed by atoms with Crippen molar-refractivity contribution in [1.82, 2.24) is 0 Å². The lowest BCUT2D eigenvalue weighted by molar-refractivity contribution is 0.357. The maximum atomic E-state index is 5.44. The van der Waals surface area contributed by atoms with Gasteiger partial charge in [0.25, 0.3) is 0 Å². The Bertz CT molecular complexity index is 95.7. The van der Waals surface area contributed by atoms with E-state index in [-0.39, 0.29) is 0 Å². The highest BCUT2D eigenvalue weighted by Crippen LogP contribution is 2.01. The van der Waals surface area contributed by atoms with Crippen LogP contribution in [-0.4, -0.2) is 14.9 Å². The van der Waals surface area contributed by atoms with Gasteiger partial charge in [0.2, 0.25) is 0 Å². The molecule has 0 bridgehead atoms. The molecule has 2 nitrogen and oxygen atoms in total. The van der Waals surface area contributed by atoms with Gasteiger partial charge >= 0.3 is 0 Å². The van der Waals surface area contributed by atoms with Crippen LogP contribution in [0.3, 0.4) is 0 Å². The van der Waals surface area contributed by atoms with Crippen molar-refractivity contribution in [1.29, 1.82) is 0 Å². The SMILES string of the molecule is C[Si](C)(C)OCC=CN. The van der Waals surface area contributed by atoms with Gasteiger partial charge in [0.05, 0.1) is 6.61 Å². The summed E-state index contributed by atoms with van der Waals surface area (Å²) < 4.78 is 5.44. The Morgan fingerprint density at radius 1 is 1.44 bits per heavy atom. The first-order valence-electron chi connectivity index (χ1n) is 3.07. The molecule has 0 aromatic heterocycles. The summed E-state index contributed by atoms with van der Waals surface area (Å²) >= 11 is 0. The molecule has 0 aliphatic rings. The molecular formula is C6H15NOSi. The van der Waals surface area contributed by atoms with Gasteiger partial charge in [-0.15, -0.1) is 0 Å². The summed E-state index contributed by atoms with van der Waals surface area (Å²) in [4.78, 5) is 0. The number of hydrogen-bond donors (Lipinski definition) is 1. The van der Waals surface area contributed by atoms with E-state index < -0.39 is 8.32 Å². The molecule has 0 radical (unpaired) electrons. The van der Waals surface area contributed by atoms with Crippen molar-refractivity contribution >= 4 is 8.32 Å². The summed E-state index contributed by atoms with van der Waals surface area (Å²) in [5.41, 5.74) is 5.11. The molecule has 0 aliphatic carbocycles. The first kappa shape index (κ1) is 8.72. The second kappa shape index (κ2) is 3.69. The number of hydrogen-bond acceptors (Lipinski definition) is 2. The highest BCUT2D eigenvalue weighted by atomic mass is 28.4. The van der Waals surface area contributed by atoms with Gasteiger partial charge in [-0.2, -0.15) is 0 Å². The van der Waals surface area contributed by atoms with E-state index in [1.54, 1.807) is 0 Å². The summed E-state index contributed by atoms with van der Waals surface area (Å²) in [6, 6.07) is 0. The van der Waals surface area contributed by atoms with Crippen LogP contribution in [0.25, 0.3) is 0 Å². The van der Waals surface area contributed by atoms with Gasteiger partial charge in [-0.25, -0.2) is 0 Å². The monoisotopic (exact) mass is 145 g/mol. The van der Waals surface area contributed by atoms with Gasteiger partial charge in [0.1, 0.15) is 0 Å². The Balaban J connectivity index is 3.28. The largest absolute Gasteiger partial charge is 0.414 e. The summed E-state index contributed by atoms with van der Waals surface area (Å²) in [7, 11) is -1.30. The average Bonchev–Trinajstić information content (AvgIpc) is 1.63. The van der Waals surface area contributed by atoms with E-state index in [0.717, 1.165) is 0 Å². The minimum atomic E-state index is -1.30. The quantitative estimate of drug-likeness (QED) is 0.608. The average molecular weight is 145 g/mol.